The van der Waals surface area contributed by atoms with Crippen molar-refractivity contribution in [1.82, 2.24) is 24.7 Å². The zero-order valence-corrected chi connectivity index (χ0v) is 20.3. The average molecular weight is 472 g/mol. The summed E-state index contributed by atoms with van der Waals surface area (Å²) in [6.07, 6.45) is 2.44. The molecule has 3 heterocycles. The molecule has 1 aromatic carbocycles. The Morgan fingerprint density at radius 1 is 1.03 bits per heavy atom. The highest BCUT2D eigenvalue weighted by Gasteiger charge is 2.20. The molecule has 0 unspecified atom stereocenters. The van der Waals surface area contributed by atoms with Gasteiger partial charge in [-0.15, -0.1) is 21.5 Å². The Kier molecular flexibility index (Phi) is 6.92. The van der Waals surface area contributed by atoms with E-state index in [4.69, 9.17) is 14.2 Å². The van der Waals surface area contributed by atoms with Gasteiger partial charge in [0, 0.05) is 36.1 Å². The Morgan fingerprint density at radius 2 is 1.84 bits per heavy atom. The van der Waals surface area contributed by atoms with Crippen molar-refractivity contribution in [3.8, 4) is 22.9 Å². The summed E-state index contributed by atoms with van der Waals surface area (Å²) in [6.45, 7) is 5.58. The molecule has 0 aliphatic carbocycles. The number of benzene rings is 1. The first-order valence-electron chi connectivity index (χ1n) is 10.1. The van der Waals surface area contributed by atoms with Crippen LogP contribution in [0.2, 0.25) is 0 Å². The van der Waals surface area contributed by atoms with Crippen molar-refractivity contribution in [3.63, 3.8) is 0 Å². The molecular formula is C22H25N5O3S2. The summed E-state index contributed by atoms with van der Waals surface area (Å²) in [7, 11) is 4.95. The molecule has 0 radical (unpaired) electrons. The Morgan fingerprint density at radius 3 is 2.59 bits per heavy atom. The summed E-state index contributed by atoms with van der Waals surface area (Å²) in [5, 5.41) is 11.8. The maximum absolute atomic E-state index is 5.48. The minimum atomic E-state index is 0.646. The number of ether oxygens (including phenoxy) is 3. The van der Waals surface area contributed by atoms with Crippen molar-refractivity contribution in [2.24, 2.45) is 0 Å². The van der Waals surface area contributed by atoms with Crippen molar-refractivity contribution in [3.05, 3.63) is 35.0 Å². The van der Waals surface area contributed by atoms with Crippen LogP contribution in [0.3, 0.4) is 0 Å². The summed E-state index contributed by atoms with van der Waals surface area (Å²) in [6, 6.07) is 5.75. The fourth-order valence-electron chi connectivity index (χ4n) is 3.44. The lowest BCUT2D eigenvalue weighted by Gasteiger charge is -2.12. The van der Waals surface area contributed by atoms with Crippen LogP contribution in [0.4, 0.5) is 0 Å². The second-order valence-corrected chi connectivity index (χ2v) is 9.28. The molecule has 0 fully saturated rings. The van der Waals surface area contributed by atoms with E-state index in [2.05, 4.69) is 38.6 Å². The number of aromatic nitrogens is 5. The second-order valence-electron chi connectivity index (χ2n) is 7.12. The molecule has 0 aliphatic heterocycles. The van der Waals surface area contributed by atoms with E-state index in [-0.39, 0.29) is 0 Å². The summed E-state index contributed by atoms with van der Waals surface area (Å²) in [5.74, 6) is 2.07. The average Bonchev–Trinajstić information content (AvgIpc) is 3.34. The molecule has 3 aromatic heterocycles. The van der Waals surface area contributed by atoms with Crippen molar-refractivity contribution >= 4 is 33.3 Å². The molecular weight excluding hydrogens is 446 g/mol. The summed E-state index contributed by atoms with van der Waals surface area (Å²) < 4.78 is 18.2. The highest BCUT2D eigenvalue weighted by Crippen LogP contribution is 2.38. The first kappa shape index (κ1) is 22.5. The number of fused-ring (bicyclic) bond motifs is 1. The molecule has 0 bridgehead atoms. The van der Waals surface area contributed by atoms with Crippen LogP contribution in [0.5, 0.6) is 11.5 Å². The highest BCUT2D eigenvalue weighted by molar-refractivity contribution is 7.99. The standard InChI is InChI=1S/C22H25N5O3S2/c1-13-14(2)31-20-18(13)21(24-12-23-20)32-22-26-25-19(27(22)9-6-10-28-3)15-7-8-16(29-4)17(11-15)30-5/h7-8,11-12H,6,9-10H2,1-5H3. The molecule has 0 atom stereocenters. The molecule has 10 heteroatoms. The third-order valence-corrected chi connectivity index (χ3v) is 7.31. The monoisotopic (exact) mass is 471 g/mol. The maximum Gasteiger partial charge on any atom is 0.197 e. The van der Waals surface area contributed by atoms with Gasteiger partial charge in [-0.05, 0) is 55.8 Å². The quantitative estimate of drug-likeness (QED) is 0.255. The first-order valence-corrected chi connectivity index (χ1v) is 11.7. The van der Waals surface area contributed by atoms with Crippen LogP contribution in [-0.2, 0) is 11.3 Å². The van der Waals surface area contributed by atoms with Crippen LogP contribution in [0, 0.1) is 13.8 Å². The van der Waals surface area contributed by atoms with Gasteiger partial charge < -0.3 is 18.8 Å². The van der Waals surface area contributed by atoms with E-state index in [9.17, 15) is 0 Å². The molecule has 4 rings (SSSR count). The van der Waals surface area contributed by atoms with Gasteiger partial charge in [-0.3, -0.25) is 0 Å². The largest absolute Gasteiger partial charge is 0.493 e. The molecule has 32 heavy (non-hydrogen) atoms. The lowest BCUT2D eigenvalue weighted by molar-refractivity contribution is 0.189. The van der Waals surface area contributed by atoms with E-state index in [0.29, 0.717) is 24.7 Å². The van der Waals surface area contributed by atoms with Crippen molar-refractivity contribution in [2.75, 3.05) is 27.9 Å². The van der Waals surface area contributed by atoms with Crippen LogP contribution in [0.1, 0.15) is 16.9 Å². The number of thiophene rings is 1. The van der Waals surface area contributed by atoms with Gasteiger partial charge in [0.15, 0.2) is 22.5 Å². The van der Waals surface area contributed by atoms with E-state index < -0.39 is 0 Å². The van der Waals surface area contributed by atoms with Crippen LogP contribution in [0.15, 0.2) is 34.7 Å². The number of aryl methyl sites for hydroxylation is 2. The van der Waals surface area contributed by atoms with E-state index in [1.165, 1.54) is 22.2 Å². The zero-order valence-electron chi connectivity index (χ0n) is 18.7. The Balaban J connectivity index is 1.76. The third-order valence-electron chi connectivity index (χ3n) is 5.21. The normalized spacial score (nSPS) is 11.3. The molecule has 0 saturated carbocycles. The maximum atomic E-state index is 5.48. The summed E-state index contributed by atoms with van der Waals surface area (Å²) in [4.78, 5) is 11.2. The number of hydrogen-bond acceptors (Lipinski definition) is 9. The van der Waals surface area contributed by atoms with Gasteiger partial charge in [0.25, 0.3) is 0 Å². The van der Waals surface area contributed by atoms with Gasteiger partial charge in [0.2, 0.25) is 0 Å². The van der Waals surface area contributed by atoms with Crippen LogP contribution < -0.4 is 9.47 Å². The minimum Gasteiger partial charge on any atom is -0.493 e. The Bertz CT molecular complexity index is 1240. The molecule has 0 saturated heterocycles. The third kappa shape index (κ3) is 4.30. The predicted molar refractivity (Wildman–Crippen MR) is 126 cm³/mol. The first-order chi connectivity index (χ1) is 15.6. The summed E-state index contributed by atoms with van der Waals surface area (Å²) >= 11 is 3.20. The minimum absolute atomic E-state index is 0.646. The molecule has 0 spiro atoms. The molecule has 0 amide bonds. The highest BCUT2D eigenvalue weighted by atomic mass is 32.2. The van der Waals surface area contributed by atoms with Gasteiger partial charge in [-0.2, -0.15) is 0 Å². The van der Waals surface area contributed by atoms with Crippen molar-refractivity contribution in [1.29, 1.82) is 0 Å². The van der Waals surface area contributed by atoms with Crippen molar-refractivity contribution < 1.29 is 14.2 Å². The second kappa shape index (κ2) is 9.85. The fourth-order valence-corrected chi connectivity index (χ4v) is 5.49. The van der Waals surface area contributed by atoms with Gasteiger partial charge >= 0.3 is 0 Å². The predicted octanol–water partition coefficient (Wildman–Crippen LogP) is 4.77. The molecule has 0 aliphatic rings. The van der Waals surface area contributed by atoms with Gasteiger partial charge in [0.05, 0.1) is 14.2 Å². The Labute approximate surface area is 195 Å². The Hall–Kier alpha value is -2.69. The fraction of sp³-hybridized carbons (Fsp3) is 0.364. The number of rotatable bonds is 9. The van der Waals surface area contributed by atoms with E-state index in [1.807, 2.05) is 18.2 Å². The summed E-state index contributed by atoms with van der Waals surface area (Å²) in [5.41, 5.74) is 2.11. The number of hydrogen-bond donors (Lipinski definition) is 0. The number of nitrogens with zero attached hydrogens (tertiary/aromatic N) is 5. The van der Waals surface area contributed by atoms with Gasteiger partial charge in [-0.1, -0.05) is 0 Å². The van der Waals surface area contributed by atoms with Crippen LogP contribution in [-0.4, -0.2) is 52.7 Å². The smallest absolute Gasteiger partial charge is 0.197 e. The van der Waals surface area contributed by atoms with Crippen LogP contribution >= 0.6 is 23.1 Å². The molecule has 168 valence electrons. The van der Waals surface area contributed by atoms with E-state index >= 15 is 0 Å². The molecule has 4 aromatic rings. The zero-order chi connectivity index (χ0) is 22.7. The lowest BCUT2D eigenvalue weighted by Crippen LogP contribution is -2.05. The molecule has 0 N–H and O–H groups in total. The van der Waals surface area contributed by atoms with Gasteiger partial charge in [-0.25, -0.2) is 9.97 Å². The van der Waals surface area contributed by atoms with E-state index in [1.54, 1.807) is 39.0 Å². The van der Waals surface area contributed by atoms with Gasteiger partial charge in [0.1, 0.15) is 16.2 Å². The number of methoxy groups -OCH3 is 3. The lowest BCUT2D eigenvalue weighted by atomic mass is 10.2. The SMILES string of the molecule is COCCCn1c(Sc2ncnc3sc(C)c(C)c23)nnc1-c1ccc(OC)c(OC)c1. The topological polar surface area (TPSA) is 84.2 Å². The van der Waals surface area contributed by atoms with Crippen LogP contribution in [0.25, 0.3) is 21.6 Å². The molecule has 8 nitrogen and oxygen atoms in total. The van der Waals surface area contributed by atoms with Crippen molar-refractivity contribution in [2.45, 2.75) is 37.0 Å². The van der Waals surface area contributed by atoms with E-state index in [0.717, 1.165) is 38.2 Å².